The number of benzene rings is 1. The highest BCUT2D eigenvalue weighted by Gasteiger charge is 2.47. The molecule has 0 saturated heterocycles. The molecule has 1 aromatic carbocycles. The smallest absolute Gasteiger partial charge is 0.202 e. The van der Waals surface area contributed by atoms with Crippen LogP contribution in [-0.2, 0) is 5.41 Å². The maximum absolute atomic E-state index is 5.77. The summed E-state index contributed by atoms with van der Waals surface area (Å²) in [7, 11) is 0. The Bertz CT molecular complexity index is 541. The van der Waals surface area contributed by atoms with Crippen LogP contribution in [0.3, 0.4) is 0 Å². The van der Waals surface area contributed by atoms with Gasteiger partial charge in [-0.3, -0.25) is 0 Å². The first kappa shape index (κ1) is 10.5. The Kier molecular flexibility index (Phi) is 2.30. The number of oxazole rings is 1. The number of aromatic nitrogens is 1. The monoisotopic (exact) mass is 228 g/mol. The predicted octanol–water partition coefficient (Wildman–Crippen LogP) is 2.64. The Morgan fingerprint density at radius 1 is 1.41 bits per heavy atom. The second kappa shape index (κ2) is 3.70. The van der Waals surface area contributed by atoms with E-state index in [1.807, 2.05) is 6.07 Å². The molecule has 3 rings (SSSR count). The van der Waals surface area contributed by atoms with Crippen molar-refractivity contribution in [2.45, 2.75) is 25.2 Å². The molecule has 0 bridgehead atoms. The fraction of sp³-hybridized carbons (Fsp3) is 0.357. The summed E-state index contributed by atoms with van der Waals surface area (Å²) in [6.45, 7) is 2.70. The number of nitrogens with zero attached hydrogens (tertiary/aromatic N) is 1. The van der Waals surface area contributed by atoms with E-state index in [0.29, 0.717) is 6.54 Å². The summed E-state index contributed by atoms with van der Waals surface area (Å²) in [5.74, 6) is 0.802. The van der Waals surface area contributed by atoms with Gasteiger partial charge in [-0.05, 0) is 25.8 Å². The Balaban J connectivity index is 1.95. The van der Waals surface area contributed by atoms with E-state index in [4.69, 9.17) is 10.2 Å². The van der Waals surface area contributed by atoms with Gasteiger partial charge in [0.15, 0.2) is 0 Å². The Hall–Kier alpha value is -1.61. The van der Waals surface area contributed by atoms with Gasteiger partial charge >= 0.3 is 0 Å². The number of aryl methyl sites for hydroxylation is 1. The molecule has 1 aliphatic carbocycles. The third-order valence-electron chi connectivity index (χ3n) is 3.52. The van der Waals surface area contributed by atoms with Gasteiger partial charge in [0, 0.05) is 12.1 Å². The summed E-state index contributed by atoms with van der Waals surface area (Å²) in [4.78, 5) is 4.58. The van der Waals surface area contributed by atoms with E-state index in [1.165, 1.54) is 5.56 Å². The molecule has 88 valence electrons. The van der Waals surface area contributed by atoms with Crippen LogP contribution in [0.4, 0.5) is 0 Å². The lowest BCUT2D eigenvalue weighted by atomic mass is 10.1. The molecule has 3 nitrogen and oxygen atoms in total. The molecule has 1 aliphatic rings. The van der Waals surface area contributed by atoms with Crippen LogP contribution in [0, 0.1) is 6.92 Å². The predicted molar refractivity (Wildman–Crippen MR) is 66.6 cm³/mol. The maximum atomic E-state index is 5.77. The molecule has 0 spiro atoms. The summed E-state index contributed by atoms with van der Waals surface area (Å²) in [6.07, 6.45) is 3.92. The Morgan fingerprint density at radius 2 is 2.24 bits per heavy atom. The highest BCUT2D eigenvalue weighted by molar-refractivity contribution is 5.59. The van der Waals surface area contributed by atoms with E-state index in [-0.39, 0.29) is 5.41 Å². The zero-order chi connectivity index (χ0) is 11.9. The molecular formula is C14H16N2O. The summed E-state index contributed by atoms with van der Waals surface area (Å²) >= 11 is 0. The topological polar surface area (TPSA) is 52.0 Å². The number of nitrogens with two attached hydrogens (primary N) is 1. The molecule has 1 aromatic heterocycles. The molecule has 3 heteroatoms. The number of hydrogen-bond acceptors (Lipinski definition) is 3. The first-order valence-corrected chi connectivity index (χ1v) is 5.97. The number of hydrogen-bond donors (Lipinski definition) is 1. The molecule has 0 unspecified atom stereocenters. The van der Waals surface area contributed by atoms with E-state index < -0.39 is 0 Å². The molecule has 17 heavy (non-hydrogen) atoms. The van der Waals surface area contributed by atoms with Gasteiger partial charge in [0.1, 0.15) is 12.0 Å². The minimum atomic E-state index is 0.0298. The minimum absolute atomic E-state index is 0.0298. The van der Waals surface area contributed by atoms with Crippen LogP contribution in [0.1, 0.15) is 24.3 Å². The highest BCUT2D eigenvalue weighted by atomic mass is 16.3. The lowest BCUT2D eigenvalue weighted by molar-refractivity contribution is 0.437. The molecule has 0 aliphatic heterocycles. The second-order valence-corrected chi connectivity index (χ2v) is 4.89. The van der Waals surface area contributed by atoms with Gasteiger partial charge in [0.05, 0.1) is 5.41 Å². The molecule has 2 aromatic rings. The van der Waals surface area contributed by atoms with Crippen molar-refractivity contribution in [1.82, 2.24) is 4.98 Å². The van der Waals surface area contributed by atoms with Crippen LogP contribution in [0.2, 0.25) is 0 Å². The van der Waals surface area contributed by atoms with E-state index in [9.17, 15) is 0 Å². The van der Waals surface area contributed by atoms with E-state index in [1.54, 1.807) is 6.26 Å². The van der Waals surface area contributed by atoms with Crippen molar-refractivity contribution in [3.05, 3.63) is 42.0 Å². The summed E-state index contributed by atoms with van der Waals surface area (Å²) in [6, 6.07) is 8.28. The van der Waals surface area contributed by atoms with Gasteiger partial charge in [-0.25, -0.2) is 4.98 Å². The average molecular weight is 228 g/mol. The van der Waals surface area contributed by atoms with Crippen LogP contribution in [0.15, 0.2) is 34.9 Å². The van der Waals surface area contributed by atoms with Crippen LogP contribution in [-0.4, -0.2) is 11.5 Å². The first-order chi connectivity index (χ1) is 8.23. The number of rotatable bonds is 3. The molecule has 0 atom stereocenters. The second-order valence-electron chi connectivity index (χ2n) is 4.89. The van der Waals surface area contributed by atoms with Crippen LogP contribution < -0.4 is 5.73 Å². The van der Waals surface area contributed by atoms with Crippen LogP contribution in [0.5, 0.6) is 0 Å². The molecule has 0 amide bonds. The van der Waals surface area contributed by atoms with Crippen molar-refractivity contribution < 1.29 is 4.42 Å². The van der Waals surface area contributed by atoms with Crippen molar-refractivity contribution in [2.75, 3.05) is 6.54 Å². The molecule has 1 saturated carbocycles. The zero-order valence-electron chi connectivity index (χ0n) is 9.94. The third-order valence-corrected chi connectivity index (χ3v) is 3.52. The minimum Gasteiger partial charge on any atom is -0.448 e. The first-order valence-electron chi connectivity index (χ1n) is 5.97. The Labute approximate surface area is 101 Å². The maximum Gasteiger partial charge on any atom is 0.202 e. The van der Waals surface area contributed by atoms with Crippen LogP contribution >= 0.6 is 0 Å². The summed E-state index contributed by atoms with van der Waals surface area (Å²) in [5, 5.41) is 0. The fourth-order valence-electron chi connectivity index (χ4n) is 2.11. The molecule has 2 N–H and O–H groups in total. The van der Waals surface area contributed by atoms with Crippen molar-refractivity contribution in [2.24, 2.45) is 5.73 Å². The average Bonchev–Trinajstić information content (AvgIpc) is 2.99. The van der Waals surface area contributed by atoms with Gasteiger partial charge in [-0.15, -0.1) is 0 Å². The SMILES string of the molecule is Cc1cccc(-c2coc(C3(CN)CC3)n2)c1. The quantitative estimate of drug-likeness (QED) is 0.878. The van der Waals surface area contributed by atoms with E-state index in [2.05, 4.69) is 30.1 Å². The summed E-state index contributed by atoms with van der Waals surface area (Å²) in [5.41, 5.74) is 9.04. The van der Waals surface area contributed by atoms with Gasteiger partial charge in [-0.1, -0.05) is 23.8 Å². The van der Waals surface area contributed by atoms with Gasteiger partial charge in [0.2, 0.25) is 5.89 Å². The molecule has 1 heterocycles. The third kappa shape index (κ3) is 1.76. The Morgan fingerprint density at radius 3 is 2.88 bits per heavy atom. The fourth-order valence-corrected chi connectivity index (χ4v) is 2.11. The van der Waals surface area contributed by atoms with Crippen LogP contribution in [0.25, 0.3) is 11.3 Å². The largest absolute Gasteiger partial charge is 0.448 e. The lowest BCUT2D eigenvalue weighted by Crippen LogP contribution is -2.19. The zero-order valence-corrected chi connectivity index (χ0v) is 9.94. The highest BCUT2D eigenvalue weighted by Crippen LogP contribution is 2.47. The van der Waals surface area contributed by atoms with E-state index >= 15 is 0 Å². The normalized spacial score (nSPS) is 17.1. The van der Waals surface area contributed by atoms with Gasteiger partial charge in [0.25, 0.3) is 0 Å². The lowest BCUT2D eigenvalue weighted by Gasteiger charge is -2.05. The van der Waals surface area contributed by atoms with Gasteiger partial charge in [-0.2, -0.15) is 0 Å². The molecule has 1 fully saturated rings. The van der Waals surface area contributed by atoms with Crippen molar-refractivity contribution in [3.8, 4) is 11.3 Å². The molecule has 0 radical (unpaired) electrons. The molecular weight excluding hydrogens is 212 g/mol. The van der Waals surface area contributed by atoms with Gasteiger partial charge < -0.3 is 10.2 Å². The van der Waals surface area contributed by atoms with Crippen molar-refractivity contribution >= 4 is 0 Å². The van der Waals surface area contributed by atoms with Crippen molar-refractivity contribution in [3.63, 3.8) is 0 Å². The standard InChI is InChI=1S/C14H16N2O/c1-10-3-2-4-11(7-10)12-8-17-13(16-12)14(9-15)5-6-14/h2-4,7-8H,5-6,9,15H2,1H3. The van der Waals surface area contributed by atoms with E-state index in [0.717, 1.165) is 30.0 Å². The summed E-state index contributed by atoms with van der Waals surface area (Å²) < 4.78 is 5.59. The van der Waals surface area contributed by atoms with Crippen molar-refractivity contribution in [1.29, 1.82) is 0 Å².